The third kappa shape index (κ3) is 12.4. The van der Waals surface area contributed by atoms with Crippen LogP contribution in [0.3, 0.4) is 0 Å². The molecule has 0 spiro atoms. The molecule has 14 heteroatoms. The number of hydrogen-bond donors (Lipinski definition) is 5. The van der Waals surface area contributed by atoms with Crippen LogP contribution in [0.1, 0.15) is 47.9 Å². The van der Waals surface area contributed by atoms with Gasteiger partial charge in [-0.1, -0.05) is 72.8 Å². The van der Waals surface area contributed by atoms with Gasteiger partial charge in [-0.05, 0) is 30.0 Å². The van der Waals surface area contributed by atoms with Gasteiger partial charge in [0.05, 0.1) is 76.4 Å². The number of benzene rings is 3. The second kappa shape index (κ2) is 21.3. The lowest BCUT2D eigenvalue weighted by Crippen LogP contribution is -2.36. The average molecular weight is 710 g/mol. The molecule has 13 nitrogen and oxygen atoms in total. The maximum Gasteiger partial charge on any atom is 0.327 e. The maximum atomic E-state index is 13.7. The van der Waals surface area contributed by atoms with Crippen LogP contribution < -0.4 is 21.8 Å². The third-order valence-electron chi connectivity index (χ3n) is 7.92. The summed E-state index contributed by atoms with van der Waals surface area (Å²) >= 11 is 0. The van der Waals surface area contributed by atoms with Crippen molar-refractivity contribution in [3.8, 4) is 0 Å². The number of anilines is 1. The van der Waals surface area contributed by atoms with Crippen molar-refractivity contribution < 1.29 is 38.1 Å². The van der Waals surface area contributed by atoms with Gasteiger partial charge in [0.1, 0.15) is 0 Å². The van der Waals surface area contributed by atoms with Crippen molar-refractivity contribution in [2.75, 3.05) is 57.7 Å². The van der Waals surface area contributed by atoms with Crippen molar-refractivity contribution in [3.05, 3.63) is 101 Å². The van der Waals surface area contributed by atoms with Gasteiger partial charge in [-0.15, -0.1) is 0 Å². The highest BCUT2D eigenvalue weighted by molar-refractivity contribution is 7.39. The third-order valence-corrected chi connectivity index (χ3v) is 8.33. The first-order valence-electron chi connectivity index (χ1n) is 16.7. The Morgan fingerprint density at radius 1 is 0.780 bits per heavy atom. The monoisotopic (exact) mass is 709 g/mol. The molecule has 0 bridgehead atoms. The van der Waals surface area contributed by atoms with Gasteiger partial charge < -0.3 is 49.5 Å². The Balaban J connectivity index is 1.22. The maximum absolute atomic E-state index is 13.7. The normalized spacial score (nSPS) is 14.1. The van der Waals surface area contributed by atoms with E-state index in [0.29, 0.717) is 83.3 Å². The highest BCUT2D eigenvalue weighted by atomic mass is 31.2. The van der Waals surface area contributed by atoms with E-state index in [0.717, 1.165) is 27.9 Å². The van der Waals surface area contributed by atoms with Crippen LogP contribution in [-0.4, -0.2) is 79.4 Å². The quantitative estimate of drug-likeness (QED) is 0.0471. The van der Waals surface area contributed by atoms with Crippen LogP contribution in [0.5, 0.6) is 0 Å². The lowest BCUT2D eigenvalue weighted by Gasteiger charge is -2.33. The molecular weight excluding hydrogens is 661 g/mol. The van der Waals surface area contributed by atoms with Gasteiger partial charge in [0, 0.05) is 30.5 Å². The number of rotatable bonds is 21. The molecule has 0 aromatic heterocycles. The summed E-state index contributed by atoms with van der Waals surface area (Å²) in [5.41, 5.74) is 12.4. The SMILES string of the molecule is N/C1=C(\N(N)Cc2ccccc2)c2ccccc2CN(C(=O)CCCCC(=O)NCCOCCOCCOCCOP(O)O)c2ccccc21. The van der Waals surface area contributed by atoms with Crippen molar-refractivity contribution >= 4 is 37.5 Å². The molecule has 0 aliphatic carbocycles. The van der Waals surface area contributed by atoms with Gasteiger partial charge >= 0.3 is 8.60 Å². The highest BCUT2D eigenvalue weighted by Gasteiger charge is 2.27. The summed E-state index contributed by atoms with van der Waals surface area (Å²) in [5, 5.41) is 4.52. The predicted octanol–water partition coefficient (Wildman–Crippen LogP) is 3.65. The van der Waals surface area contributed by atoms with Gasteiger partial charge in [0.2, 0.25) is 11.8 Å². The zero-order valence-corrected chi connectivity index (χ0v) is 29.1. The number of nitrogens with one attached hydrogen (secondary N) is 1. The van der Waals surface area contributed by atoms with E-state index < -0.39 is 8.60 Å². The standard InChI is InChI=1S/C36H48N5O8P/c37-35-31-14-6-7-15-32(31)40(27-29-12-4-5-13-30(29)36(35)41(38)26-28-10-2-1-3-11-28)34(43)17-9-8-16-33(42)39-18-19-46-20-21-47-22-23-48-24-25-49-50(44)45/h1-7,10-15,44-45H,8-9,16-27,37-38H2,(H,39,42)/b36-35-. The zero-order valence-electron chi connectivity index (χ0n) is 28.2. The molecule has 50 heavy (non-hydrogen) atoms. The molecule has 1 heterocycles. The van der Waals surface area contributed by atoms with Gasteiger partial charge in [-0.2, -0.15) is 0 Å². The molecular formula is C36H48N5O8P. The predicted molar refractivity (Wildman–Crippen MR) is 192 cm³/mol. The van der Waals surface area contributed by atoms with E-state index in [-0.39, 0.29) is 31.4 Å². The number of nitrogens with two attached hydrogens (primary N) is 2. The number of para-hydroxylation sites is 1. The summed E-state index contributed by atoms with van der Waals surface area (Å²) in [6.07, 6.45) is 1.73. The topological polar surface area (TPSA) is 182 Å². The number of nitrogens with zero attached hydrogens (tertiary/aromatic N) is 2. The fourth-order valence-corrected chi connectivity index (χ4v) is 5.75. The second-order valence-corrected chi connectivity index (χ2v) is 12.3. The highest BCUT2D eigenvalue weighted by Crippen LogP contribution is 2.37. The van der Waals surface area contributed by atoms with Crippen LogP contribution in [0.25, 0.3) is 11.4 Å². The molecule has 0 radical (unpaired) electrons. The summed E-state index contributed by atoms with van der Waals surface area (Å²) in [5.74, 6) is 6.57. The van der Waals surface area contributed by atoms with E-state index in [4.69, 9.17) is 35.6 Å². The molecule has 0 unspecified atom stereocenters. The molecule has 0 saturated heterocycles. The molecule has 0 fully saturated rings. The van der Waals surface area contributed by atoms with Crippen molar-refractivity contribution in [1.29, 1.82) is 0 Å². The molecule has 270 valence electrons. The number of unbranched alkanes of at least 4 members (excludes halogenated alkanes) is 1. The molecule has 3 aromatic rings. The van der Waals surface area contributed by atoms with Crippen molar-refractivity contribution in [2.24, 2.45) is 11.6 Å². The largest absolute Gasteiger partial charge is 0.396 e. The number of ether oxygens (including phenoxy) is 3. The minimum absolute atomic E-state index is 0.0452. The fourth-order valence-electron chi connectivity index (χ4n) is 5.51. The summed E-state index contributed by atoms with van der Waals surface area (Å²) in [6, 6.07) is 25.5. The van der Waals surface area contributed by atoms with Crippen LogP contribution in [0.15, 0.2) is 78.9 Å². The Bertz CT molecular complexity index is 1530. The Labute approximate surface area is 294 Å². The summed E-state index contributed by atoms with van der Waals surface area (Å²) in [4.78, 5) is 45.1. The minimum atomic E-state index is -2.35. The minimum Gasteiger partial charge on any atom is -0.396 e. The first-order valence-corrected chi connectivity index (χ1v) is 17.9. The summed E-state index contributed by atoms with van der Waals surface area (Å²) < 4.78 is 20.7. The molecule has 0 atom stereocenters. The van der Waals surface area contributed by atoms with E-state index >= 15 is 0 Å². The second-order valence-electron chi connectivity index (χ2n) is 11.5. The van der Waals surface area contributed by atoms with Crippen LogP contribution in [0.2, 0.25) is 0 Å². The summed E-state index contributed by atoms with van der Waals surface area (Å²) in [6.45, 7) is 3.41. The van der Waals surface area contributed by atoms with Crippen LogP contribution in [0.4, 0.5) is 5.69 Å². The van der Waals surface area contributed by atoms with E-state index in [1.54, 1.807) is 9.91 Å². The zero-order chi connectivity index (χ0) is 35.6. The number of fused-ring (bicyclic) bond motifs is 2. The van der Waals surface area contributed by atoms with Crippen LogP contribution in [0, 0.1) is 0 Å². The number of hydrazine groups is 1. The van der Waals surface area contributed by atoms with Gasteiger partial charge in [-0.3, -0.25) is 9.59 Å². The van der Waals surface area contributed by atoms with Gasteiger partial charge in [0.25, 0.3) is 0 Å². The molecule has 2 amide bonds. The first kappa shape index (κ1) is 38.9. The number of carbonyl (C=O) groups is 2. The smallest absolute Gasteiger partial charge is 0.327 e. The van der Waals surface area contributed by atoms with Crippen LogP contribution >= 0.6 is 8.60 Å². The van der Waals surface area contributed by atoms with Crippen molar-refractivity contribution in [3.63, 3.8) is 0 Å². The Morgan fingerprint density at radius 3 is 2.10 bits per heavy atom. The Hall–Kier alpha value is -3.91. The number of amides is 2. The van der Waals surface area contributed by atoms with E-state index in [1.165, 1.54) is 0 Å². The fraction of sp³-hybridized carbons (Fsp3) is 0.389. The average Bonchev–Trinajstić information content (AvgIpc) is 3.11. The molecule has 1 aliphatic heterocycles. The van der Waals surface area contributed by atoms with Crippen LogP contribution in [-0.2, 0) is 41.4 Å². The first-order chi connectivity index (χ1) is 24.3. The molecule has 4 rings (SSSR count). The van der Waals surface area contributed by atoms with Gasteiger partial charge in [-0.25, -0.2) is 5.84 Å². The molecule has 7 N–H and O–H groups in total. The van der Waals surface area contributed by atoms with Gasteiger partial charge in [0.15, 0.2) is 0 Å². The van der Waals surface area contributed by atoms with E-state index in [1.807, 2.05) is 78.9 Å². The Kier molecular flexibility index (Phi) is 16.6. The van der Waals surface area contributed by atoms with Crippen molar-refractivity contribution in [2.45, 2.75) is 38.8 Å². The molecule has 0 saturated carbocycles. The lowest BCUT2D eigenvalue weighted by molar-refractivity contribution is -0.122. The van der Waals surface area contributed by atoms with E-state index in [9.17, 15) is 9.59 Å². The number of hydrogen-bond acceptors (Lipinski definition) is 11. The Morgan fingerprint density at radius 2 is 1.38 bits per heavy atom. The molecule has 1 aliphatic rings. The molecule has 3 aromatic carbocycles. The van der Waals surface area contributed by atoms with Crippen molar-refractivity contribution in [1.82, 2.24) is 10.3 Å². The lowest BCUT2D eigenvalue weighted by atomic mass is 9.95. The number of carbonyl (C=O) groups excluding carboxylic acids is 2. The van der Waals surface area contributed by atoms with E-state index in [2.05, 4.69) is 9.84 Å². The summed E-state index contributed by atoms with van der Waals surface area (Å²) in [7, 11) is -2.35.